The van der Waals surface area contributed by atoms with Crippen LogP contribution in [0.25, 0.3) is 0 Å². The summed E-state index contributed by atoms with van der Waals surface area (Å²) >= 11 is 0. The number of para-hydroxylation sites is 1. The number of ether oxygens (including phenoxy) is 1. The van der Waals surface area contributed by atoms with Crippen LogP contribution in [-0.4, -0.2) is 18.5 Å². The topological polar surface area (TPSA) is 59.8 Å². The fraction of sp³-hybridized carbons (Fsp3) is 0.263. The van der Waals surface area contributed by atoms with Crippen molar-refractivity contribution in [2.45, 2.75) is 27.3 Å². The number of furan rings is 1. The molecule has 0 bridgehead atoms. The number of hydrogen-bond donors (Lipinski definition) is 0. The highest BCUT2D eigenvalue weighted by atomic mass is 16.5. The smallest absolute Gasteiger partial charge is 0.334 e. The number of benzene rings is 1. The fourth-order valence-electron chi connectivity index (χ4n) is 2.20. The third-order valence-corrected chi connectivity index (χ3v) is 3.67. The van der Waals surface area contributed by atoms with Crippen molar-refractivity contribution in [2.24, 2.45) is 0 Å². The van der Waals surface area contributed by atoms with Crippen LogP contribution in [0, 0.1) is 0 Å². The minimum atomic E-state index is -0.477. The summed E-state index contributed by atoms with van der Waals surface area (Å²) in [6.07, 6.45) is 1.57. The lowest BCUT2D eigenvalue weighted by molar-refractivity contribution is -0.138. The first kappa shape index (κ1) is 17.5. The van der Waals surface area contributed by atoms with E-state index in [1.54, 1.807) is 44.1 Å². The lowest BCUT2D eigenvalue weighted by Gasteiger charge is -2.23. The second-order valence-corrected chi connectivity index (χ2v) is 5.28. The van der Waals surface area contributed by atoms with Gasteiger partial charge in [-0.25, -0.2) is 4.79 Å². The normalized spacial score (nSPS) is 11.6. The number of amides is 1. The lowest BCUT2D eigenvalue weighted by atomic mass is 10.1. The highest BCUT2D eigenvalue weighted by molar-refractivity contribution is 6.09. The van der Waals surface area contributed by atoms with Crippen molar-refractivity contribution < 1.29 is 18.7 Å². The summed E-state index contributed by atoms with van der Waals surface area (Å²) in [5.74, 6) is -0.0775. The van der Waals surface area contributed by atoms with Crippen LogP contribution in [0.4, 0.5) is 5.69 Å². The van der Waals surface area contributed by atoms with E-state index in [9.17, 15) is 9.59 Å². The second kappa shape index (κ2) is 8.15. The first-order chi connectivity index (χ1) is 11.5. The first-order valence-corrected chi connectivity index (χ1v) is 7.78. The van der Waals surface area contributed by atoms with Crippen LogP contribution >= 0.6 is 0 Å². The Hall–Kier alpha value is -2.82. The Kier molecular flexibility index (Phi) is 5.95. The molecule has 1 aromatic heterocycles. The van der Waals surface area contributed by atoms with Crippen molar-refractivity contribution in [3.8, 4) is 0 Å². The standard InChI is InChI=1S/C19H21NO4/c1-4-23-19(22)15(3)14(2)18(21)20(13-17-11-8-12-24-17)16-9-6-5-7-10-16/h5-12H,4,13H2,1-3H3/b15-14+. The Morgan fingerprint density at radius 2 is 1.75 bits per heavy atom. The molecular formula is C19H21NO4. The van der Waals surface area contributed by atoms with Gasteiger partial charge in [0, 0.05) is 16.8 Å². The molecule has 5 nitrogen and oxygen atoms in total. The van der Waals surface area contributed by atoms with E-state index in [2.05, 4.69) is 0 Å². The Balaban J connectivity index is 2.34. The summed E-state index contributed by atoms with van der Waals surface area (Å²) in [4.78, 5) is 26.4. The number of esters is 1. The third-order valence-electron chi connectivity index (χ3n) is 3.67. The molecule has 0 aliphatic carbocycles. The maximum absolute atomic E-state index is 12.9. The molecule has 24 heavy (non-hydrogen) atoms. The predicted octanol–water partition coefficient (Wildman–Crippen LogP) is 3.71. The summed E-state index contributed by atoms with van der Waals surface area (Å²) in [7, 11) is 0. The van der Waals surface area contributed by atoms with Gasteiger partial charge in [0.25, 0.3) is 5.91 Å². The zero-order valence-electron chi connectivity index (χ0n) is 14.1. The summed E-state index contributed by atoms with van der Waals surface area (Å²) in [6, 6.07) is 12.9. The van der Waals surface area contributed by atoms with Crippen LogP contribution in [-0.2, 0) is 20.9 Å². The molecule has 0 radical (unpaired) electrons. The van der Waals surface area contributed by atoms with E-state index in [0.29, 0.717) is 16.9 Å². The Morgan fingerprint density at radius 1 is 1.04 bits per heavy atom. The van der Waals surface area contributed by atoms with Crippen molar-refractivity contribution in [2.75, 3.05) is 11.5 Å². The number of rotatable bonds is 6. The molecule has 0 N–H and O–H groups in total. The number of carbonyl (C=O) groups is 2. The maximum Gasteiger partial charge on any atom is 0.334 e. The van der Waals surface area contributed by atoms with Crippen LogP contribution < -0.4 is 4.90 Å². The predicted molar refractivity (Wildman–Crippen MR) is 91.3 cm³/mol. The summed E-state index contributed by atoms with van der Waals surface area (Å²) in [5, 5.41) is 0. The molecule has 0 atom stereocenters. The van der Waals surface area contributed by atoms with E-state index in [0.717, 1.165) is 5.69 Å². The number of anilines is 1. The molecule has 2 rings (SSSR count). The quantitative estimate of drug-likeness (QED) is 0.599. The Bertz CT molecular complexity index is 717. The average Bonchev–Trinajstić information content (AvgIpc) is 3.12. The molecule has 5 heteroatoms. The number of hydrogen-bond acceptors (Lipinski definition) is 4. The van der Waals surface area contributed by atoms with Crippen LogP contribution in [0.1, 0.15) is 26.5 Å². The molecule has 0 aliphatic rings. The van der Waals surface area contributed by atoms with Crippen molar-refractivity contribution in [1.82, 2.24) is 0 Å². The van der Waals surface area contributed by atoms with Crippen molar-refractivity contribution >= 4 is 17.6 Å². The molecule has 0 spiro atoms. The molecule has 0 saturated heterocycles. The van der Waals surface area contributed by atoms with E-state index in [4.69, 9.17) is 9.15 Å². The molecule has 0 aliphatic heterocycles. The van der Waals surface area contributed by atoms with Gasteiger partial charge in [0.2, 0.25) is 0 Å². The van der Waals surface area contributed by atoms with Gasteiger partial charge in [-0.3, -0.25) is 4.79 Å². The van der Waals surface area contributed by atoms with Crippen LogP contribution in [0.15, 0.2) is 64.3 Å². The molecule has 0 fully saturated rings. The molecule has 2 aromatic rings. The van der Waals surface area contributed by atoms with E-state index < -0.39 is 5.97 Å². The van der Waals surface area contributed by atoms with E-state index in [1.165, 1.54) is 0 Å². The molecule has 1 heterocycles. The van der Waals surface area contributed by atoms with Crippen molar-refractivity contribution in [1.29, 1.82) is 0 Å². The average molecular weight is 327 g/mol. The van der Waals surface area contributed by atoms with Crippen LogP contribution in [0.3, 0.4) is 0 Å². The summed E-state index contributed by atoms with van der Waals surface area (Å²) < 4.78 is 10.3. The number of carbonyl (C=O) groups excluding carboxylic acids is 2. The highest BCUT2D eigenvalue weighted by Gasteiger charge is 2.22. The van der Waals surface area contributed by atoms with Gasteiger partial charge in [-0.1, -0.05) is 18.2 Å². The van der Waals surface area contributed by atoms with E-state index in [1.807, 2.05) is 30.3 Å². The first-order valence-electron chi connectivity index (χ1n) is 7.78. The van der Waals surface area contributed by atoms with Crippen LogP contribution in [0.2, 0.25) is 0 Å². The summed E-state index contributed by atoms with van der Waals surface area (Å²) in [6.45, 7) is 5.51. The van der Waals surface area contributed by atoms with Crippen molar-refractivity contribution in [3.63, 3.8) is 0 Å². The van der Waals surface area contributed by atoms with Gasteiger partial charge in [0.15, 0.2) is 0 Å². The molecule has 0 unspecified atom stereocenters. The van der Waals surface area contributed by atoms with Crippen LogP contribution in [0.5, 0.6) is 0 Å². The molecule has 0 saturated carbocycles. The van der Waals surface area contributed by atoms with E-state index in [-0.39, 0.29) is 19.1 Å². The monoisotopic (exact) mass is 327 g/mol. The van der Waals surface area contributed by atoms with Crippen molar-refractivity contribution in [3.05, 3.63) is 65.6 Å². The van der Waals surface area contributed by atoms with Gasteiger partial charge >= 0.3 is 5.97 Å². The van der Waals surface area contributed by atoms with Gasteiger partial charge in [-0.15, -0.1) is 0 Å². The Morgan fingerprint density at radius 3 is 2.33 bits per heavy atom. The van der Waals surface area contributed by atoms with Gasteiger partial charge in [0.1, 0.15) is 5.76 Å². The molecule has 1 amide bonds. The van der Waals surface area contributed by atoms with E-state index >= 15 is 0 Å². The zero-order valence-corrected chi connectivity index (χ0v) is 14.1. The molecule has 126 valence electrons. The highest BCUT2D eigenvalue weighted by Crippen LogP contribution is 2.21. The number of nitrogens with zero attached hydrogens (tertiary/aromatic N) is 1. The SMILES string of the molecule is CCOC(=O)/C(C)=C(\C)C(=O)N(Cc1ccco1)c1ccccc1. The van der Waals surface area contributed by atoms with Gasteiger partial charge < -0.3 is 14.1 Å². The molecule has 1 aromatic carbocycles. The Labute approximate surface area is 141 Å². The minimum Gasteiger partial charge on any atom is -0.467 e. The fourth-order valence-corrected chi connectivity index (χ4v) is 2.20. The summed E-state index contributed by atoms with van der Waals surface area (Å²) in [5.41, 5.74) is 1.39. The zero-order chi connectivity index (χ0) is 17.5. The van der Waals surface area contributed by atoms with Gasteiger partial charge in [-0.2, -0.15) is 0 Å². The molecular weight excluding hydrogens is 306 g/mol. The maximum atomic E-state index is 12.9. The minimum absolute atomic E-state index is 0.261. The van der Waals surface area contributed by atoms with Gasteiger partial charge in [-0.05, 0) is 45.0 Å². The lowest BCUT2D eigenvalue weighted by Crippen LogP contribution is -2.32. The largest absolute Gasteiger partial charge is 0.467 e. The third kappa shape index (κ3) is 4.13. The van der Waals surface area contributed by atoms with Gasteiger partial charge in [0.05, 0.1) is 19.4 Å². The second-order valence-electron chi connectivity index (χ2n) is 5.28.